The van der Waals surface area contributed by atoms with Gasteiger partial charge in [-0.1, -0.05) is 28.9 Å². The van der Waals surface area contributed by atoms with E-state index in [9.17, 15) is 9.18 Å². The Morgan fingerprint density at radius 2 is 2.29 bits per heavy atom. The van der Waals surface area contributed by atoms with Gasteiger partial charge in [0.2, 0.25) is 0 Å². The summed E-state index contributed by atoms with van der Waals surface area (Å²) in [5.41, 5.74) is 0.667. The second-order valence-electron chi connectivity index (χ2n) is 3.39. The Hall–Kier alpha value is -1.36. The fourth-order valence-corrected chi connectivity index (χ4v) is 1.63. The maximum absolute atomic E-state index is 13.4. The zero-order valence-electron chi connectivity index (χ0n) is 9.34. The van der Waals surface area contributed by atoms with Gasteiger partial charge in [-0.3, -0.25) is 0 Å². The standard InChI is InChI=1S/C12H13BrFNO2/c1-2-8(12(16)17)5-6-15-11-4-3-9(13)7-10(11)14/h3-5,7,15H,2,6H2,1H3,(H,16,17)/b8-5-. The van der Waals surface area contributed by atoms with Crippen molar-refractivity contribution in [3.63, 3.8) is 0 Å². The van der Waals surface area contributed by atoms with Gasteiger partial charge < -0.3 is 10.4 Å². The number of halogens is 2. The number of hydrogen-bond acceptors (Lipinski definition) is 2. The summed E-state index contributed by atoms with van der Waals surface area (Å²) in [4.78, 5) is 10.7. The van der Waals surface area contributed by atoms with Crippen LogP contribution in [0.15, 0.2) is 34.3 Å². The third-order valence-electron chi connectivity index (χ3n) is 2.23. The molecule has 0 aliphatic rings. The van der Waals surface area contributed by atoms with E-state index < -0.39 is 5.97 Å². The SMILES string of the molecule is CC/C(=C/CNc1ccc(Br)cc1F)C(=O)O. The monoisotopic (exact) mass is 301 g/mol. The van der Waals surface area contributed by atoms with Gasteiger partial charge in [-0.05, 0) is 24.6 Å². The van der Waals surface area contributed by atoms with Crippen molar-refractivity contribution in [3.8, 4) is 0 Å². The Kier molecular flexibility index (Phi) is 5.15. The molecule has 0 bridgehead atoms. The van der Waals surface area contributed by atoms with Gasteiger partial charge >= 0.3 is 5.97 Å². The van der Waals surface area contributed by atoms with Crippen LogP contribution in [0, 0.1) is 5.82 Å². The second kappa shape index (κ2) is 6.39. The molecule has 0 saturated heterocycles. The minimum absolute atomic E-state index is 0.286. The molecule has 1 aromatic rings. The first kappa shape index (κ1) is 13.7. The Labute approximate surface area is 107 Å². The highest BCUT2D eigenvalue weighted by atomic mass is 79.9. The molecular formula is C12H13BrFNO2. The van der Waals surface area contributed by atoms with Crippen LogP contribution in [-0.2, 0) is 4.79 Å². The summed E-state index contributed by atoms with van der Waals surface area (Å²) in [7, 11) is 0. The average molecular weight is 302 g/mol. The highest BCUT2D eigenvalue weighted by molar-refractivity contribution is 9.10. The Bertz CT molecular complexity index is 446. The number of carbonyl (C=O) groups is 1. The normalized spacial score (nSPS) is 11.4. The molecule has 2 N–H and O–H groups in total. The molecule has 92 valence electrons. The minimum Gasteiger partial charge on any atom is -0.478 e. The number of nitrogens with one attached hydrogen (secondary N) is 1. The number of carboxylic acid groups (broad SMARTS) is 1. The predicted octanol–water partition coefficient (Wildman–Crippen LogP) is 3.42. The molecule has 0 aliphatic carbocycles. The first-order valence-electron chi connectivity index (χ1n) is 5.15. The van der Waals surface area contributed by atoms with E-state index in [1.807, 2.05) is 0 Å². The van der Waals surface area contributed by atoms with Crippen LogP contribution in [0.3, 0.4) is 0 Å². The van der Waals surface area contributed by atoms with E-state index in [0.29, 0.717) is 22.2 Å². The Morgan fingerprint density at radius 1 is 1.59 bits per heavy atom. The van der Waals surface area contributed by atoms with E-state index >= 15 is 0 Å². The van der Waals surface area contributed by atoms with Crippen LogP contribution in [0.4, 0.5) is 10.1 Å². The van der Waals surface area contributed by atoms with Crippen LogP contribution in [-0.4, -0.2) is 17.6 Å². The minimum atomic E-state index is -0.939. The van der Waals surface area contributed by atoms with Gasteiger partial charge in [0.25, 0.3) is 0 Å². The van der Waals surface area contributed by atoms with Crippen molar-refractivity contribution in [3.05, 3.63) is 40.1 Å². The lowest BCUT2D eigenvalue weighted by Crippen LogP contribution is -2.05. The van der Waals surface area contributed by atoms with Crippen LogP contribution < -0.4 is 5.32 Å². The van der Waals surface area contributed by atoms with Gasteiger partial charge in [-0.15, -0.1) is 0 Å². The summed E-state index contributed by atoms with van der Waals surface area (Å²) in [6.45, 7) is 2.05. The number of aliphatic carboxylic acids is 1. The summed E-state index contributed by atoms with van der Waals surface area (Å²) >= 11 is 3.16. The predicted molar refractivity (Wildman–Crippen MR) is 68.6 cm³/mol. The molecule has 0 heterocycles. The Morgan fingerprint density at radius 3 is 2.82 bits per heavy atom. The third-order valence-corrected chi connectivity index (χ3v) is 2.72. The van der Waals surface area contributed by atoms with Crippen LogP contribution in [0.2, 0.25) is 0 Å². The van der Waals surface area contributed by atoms with Gasteiger partial charge in [0, 0.05) is 16.6 Å². The fourth-order valence-electron chi connectivity index (χ4n) is 1.30. The summed E-state index contributed by atoms with van der Waals surface area (Å²) in [5.74, 6) is -1.31. The van der Waals surface area contributed by atoms with Crippen LogP contribution in [0.5, 0.6) is 0 Å². The molecule has 0 spiro atoms. The lowest BCUT2D eigenvalue weighted by molar-refractivity contribution is -0.132. The molecule has 0 amide bonds. The van der Waals surface area contributed by atoms with Crippen LogP contribution in [0.1, 0.15) is 13.3 Å². The van der Waals surface area contributed by atoms with E-state index in [1.54, 1.807) is 25.1 Å². The van der Waals surface area contributed by atoms with E-state index in [4.69, 9.17) is 5.11 Å². The molecule has 1 aromatic carbocycles. The lowest BCUT2D eigenvalue weighted by atomic mass is 10.2. The summed E-state index contributed by atoms with van der Waals surface area (Å²) < 4.78 is 14.0. The van der Waals surface area contributed by atoms with Crippen LogP contribution >= 0.6 is 15.9 Å². The van der Waals surface area contributed by atoms with Crippen molar-refractivity contribution in [2.24, 2.45) is 0 Å². The molecule has 0 aromatic heterocycles. The molecule has 5 heteroatoms. The zero-order valence-corrected chi connectivity index (χ0v) is 10.9. The second-order valence-corrected chi connectivity index (χ2v) is 4.31. The van der Waals surface area contributed by atoms with Gasteiger partial charge in [0.15, 0.2) is 0 Å². The summed E-state index contributed by atoms with van der Waals surface area (Å²) in [5, 5.41) is 11.6. The maximum Gasteiger partial charge on any atom is 0.331 e. The average Bonchev–Trinajstić information content (AvgIpc) is 2.26. The molecule has 0 radical (unpaired) electrons. The van der Waals surface area contributed by atoms with Gasteiger partial charge in [-0.2, -0.15) is 0 Å². The molecule has 1 rings (SSSR count). The van der Waals surface area contributed by atoms with E-state index in [2.05, 4.69) is 21.2 Å². The number of benzene rings is 1. The zero-order chi connectivity index (χ0) is 12.8. The molecule has 0 unspecified atom stereocenters. The topological polar surface area (TPSA) is 49.3 Å². The first-order chi connectivity index (χ1) is 8.04. The number of hydrogen-bond donors (Lipinski definition) is 2. The number of anilines is 1. The van der Waals surface area contributed by atoms with Crippen molar-refractivity contribution in [1.29, 1.82) is 0 Å². The van der Waals surface area contributed by atoms with Crippen molar-refractivity contribution in [1.82, 2.24) is 0 Å². The molecule has 17 heavy (non-hydrogen) atoms. The number of rotatable bonds is 5. The van der Waals surface area contributed by atoms with Gasteiger partial charge in [0.05, 0.1) is 5.69 Å². The van der Waals surface area contributed by atoms with Crippen LogP contribution in [0.25, 0.3) is 0 Å². The molecular weight excluding hydrogens is 289 g/mol. The molecule has 3 nitrogen and oxygen atoms in total. The van der Waals surface area contributed by atoms with Crippen molar-refractivity contribution < 1.29 is 14.3 Å². The molecule has 0 fully saturated rings. The smallest absolute Gasteiger partial charge is 0.331 e. The summed E-state index contributed by atoms with van der Waals surface area (Å²) in [6, 6.07) is 4.66. The van der Waals surface area contributed by atoms with Gasteiger partial charge in [-0.25, -0.2) is 9.18 Å². The highest BCUT2D eigenvalue weighted by Crippen LogP contribution is 2.19. The van der Waals surface area contributed by atoms with Crippen molar-refractivity contribution in [2.45, 2.75) is 13.3 Å². The van der Waals surface area contributed by atoms with Gasteiger partial charge in [0.1, 0.15) is 5.82 Å². The third kappa shape index (κ3) is 4.19. The van der Waals surface area contributed by atoms with E-state index in [0.717, 1.165) is 0 Å². The largest absolute Gasteiger partial charge is 0.478 e. The number of carboxylic acids is 1. The Balaban J connectivity index is 2.65. The fraction of sp³-hybridized carbons (Fsp3) is 0.250. The van der Waals surface area contributed by atoms with E-state index in [1.165, 1.54) is 6.07 Å². The first-order valence-corrected chi connectivity index (χ1v) is 5.95. The van der Waals surface area contributed by atoms with E-state index in [-0.39, 0.29) is 12.4 Å². The van der Waals surface area contributed by atoms with Crippen molar-refractivity contribution >= 4 is 27.6 Å². The molecule has 0 atom stereocenters. The van der Waals surface area contributed by atoms with Crippen molar-refractivity contribution in [2.75, 3.05) is 11.9 Å². The lowest BCUT2D eigenvalue weighted by Gasteiger charge is -2.06. The summed E-state index contributed by atoms with van der Waals surface area (Å²) in [6.07, 6.45) is 1.99. The maximum atomic E-state index is 13.4. The molecule has 0 saturated carbocycles. The molecule has 0 aliphatic heterocycles. The quantitative estimate of drug-likeness (QED) is 0.819. The highest BCUT2D eigenvalue weighted by Gasteiger charge is 2.04.